The van der Waals surface area contributed by atoms with Crippen LogP contribution in [0.4, 0.5) is 11.6 Å². The van der Waals surface area contributed by atoms with Gasteiger partial charge in [-0.1, -0.05) is 56.0 Å². The highest BCUT2D eigenvalue weighted by atomic mass is 16.2. The summed E-state index contributed by atoms with van der Waals surface area (Å²) in [4.78, 5) is 33.5. The van der Waals surface area contributed by atoms with Gasteiger partial charge in [-0.2, -0.15) is 0 Å². The molecule has 0 radical (unpaired) electrons. The lowest BCUT2D eigenvalue weighted by Crippen LogP contribution is -2.33. The molecule has 1 amide bonds. The topological polar surface area (TPSA) is 129 Å². The van der Waals surface area contributed by atoms with E-state index in [9.17, 15) is 9.59 Å². The van der Waals surface area contributed by atoms with Gasteiger partial charge in [0.2, 0.25) is 5.91 Å². The van der Waals surface area contributed by atoms with Gasteiger partial charge in [-0.05, 0) is 32.3 Å². The standard InChI is InChI=1S/C25H31N7O2/c1-8-9-10-18(16(5)14(2)3)17(6)22-27-21(26)20-23(28-22)29-24(34)25(20,7)19-13-32(31-30-19)12-11-15(4)33/h8-10,13-14H,1,6,11-12H2,2-5,7H3,(H3,26,27,28,29,34)/b10-9-,18-16-. The summed E-state index contributed by atoms with van der Waals surface area (Å²) < 4.78 is 1.54. The molecule has 0 bridgehead atoms. The Labute approximate surface area is 199 Å². The number of nitrogens with one attached hydrogen (secondary N) is 1. The van der Waals surface area contributed by atoms with Crippen molar-refractivity contribution in [2.45, 2.75) is 53.0 Å². The Balaban J connectivity index is 2.05. The number of nitrogens with two attached hydrogens (primary N) is 1. The monoisotopic (exact) mass is 461 g/mol. The molecule has 1 aliphatic rings. The number of hydrogen-bond donors (Lipinski definition) is 2. The summed E-state index contributed by atoms with van der Waals surface area (Å²) in [5, 5.41) is 11.1. The molecule has 9 heteroatoms. The molecule has 1 unspecified atom stereocenters. The van der Waals surface area contributed by atoms with Crippen molar-refractivity contribution in [1.29, 1.82) is 0 Å². The van der Waals surface area contributed by atoms with Crippen molar-refractivity contribution in [2.75, 3.05) is 11.1 Å². The van der Waals surface area contributed by atoms with Crippen molar-refractivity contribution >= 4 is 28.9 Å². The van der Waals surface area contributed by atoms with Gasteiger partial charge in [-0.3, -0.25) is 14.3 Å². The molecule has 178 valence electrons. The van der Waals surface area contributed by atoms with Gasteiger partial charge in [0.25, 0.3) is 0 Å². The number of ketones is 1. The van der Waals surface area contributed by atoms with Gasteiger partial charge in [0.15, 0.2) is 5.82 Å². The van der Waals surface area contributed by atoms with E-state index in [0.717, 1.165) is 11.1 Å². The molecule has 0 fully saturated rings. The predicted molar refractivity (Wildman–Crippen MR) is 133 cm³/mol. The van der Waals surface area contributed by atoms with Gasteiger partial charge in [0, 0.05) is 24.7 Å². The lowest BCUT2D eigenvalue weighted by Gasteiger charge is -2.20. The number of aromatic nitrogens is 5. The van der Waals surface area contributed by atoms with Crippen LogP contribution in [0.2, 0.25) is 0 Å². The molecule has 0 saturated carbocycles. The maximum Gasteiger partial charge on any atom is 0.242 e. The zero-order chi connectivity index (χ0) is 25.2. The van der Waals surface area contributed by atoms with Crippen molar-refractivity contribution in [2.24, 2.45) is 5.92 Å². The van der Waals surface area contributed by atoms with E-state index in [1.165, 1.54) is 11.6 Å². The van der Waals surface area contributed by atoms with Crippen LogP contribution in [0.3, 0.4) is 0 Å². The number of aryl methyl sites for hydroxylation is 1. The first-order valence-electron chi connectivity index (χ1n) is 11.1. The van der Waals surface area contributed by atoms with Crippen LogP contribution in [0.5, 0.6) is 0 Å². The minimum absolute atomic E-state index is 0.0432. The van der Waals surface area contributed by atoms with Crippen LogP contribution >= 0.6 is 0 Å². The smallest absolute Gasteiger partial charge is 0.242 e. The number of Topliss-reactive ketones (excluding diaryl/α,β-unsaturated/α-hetero) is 1. The zero-order valence-electron chi connectivity index (χ0n) is 20.3. The summed E-state index contributed by atoms with van der Waals surface area (Å²) in [5.41, 5.74) is 8.61. The Bertz CT molecular complexity index is 1240. The Morgan fingerprint density at radius 2 is 2.03 bits per heavy atom. The lowest BCUT2D eigenvalue weighted by molar-refractivity contribution is -0.119. The summed E-state index contributed by atoms with van der Waals surface area (Å²) in [6, 6.07) is 0. The predicted octanol–water partition coefficient (Wildman–Crippen LogP) is 3.62. The molecule has 34 heavy (non-hydrogen) atoms. The largest absolute Gasteiger partial charge is 0.383 e. The summed E-state index contributed by atoms with van der Waals surface area (Å²) in [5.74, 6) is 0.807. The SMILES string of the molecule is C=C/C=C\C(C(=C)c1nc(N)c2c(n1)NC(=O)C2(C)c1cn(CCC(C)=O)nn1)=C(/C)C(C)C. The quantitative estimate of drug-likeness (QED) is 0.546. The van der Waals surface area contributed by atoms with Crippen molar-refractivity contribution < 1.29 is 9.59 Å². The van der Waals surface area contributed by atoms with Crippen molar-refractivity contribution in [3.63, 3.8) is 0 Å². The molecule has 3 heterocycles. The van der Waals surface area contributed by atoms with Crippen molar-refractivity contribution in [1.82, 2.24) is 25.0 Å². The van der Waals surface area contributed by atoms with E-state index in [-0.39, 0.29) is 23.4 Å². The number of allylic oxidation sites excluding steroid dienone is 6. The molecule has 0 spiro atoms. The fourth-order valence-electron chi connectivity index (χ4n) is 3.76. The molecule has 2 aromatic heterocycles. The van der Waals surface area contributed by atoms with Crippen LogP contribution in [0, 0.1) is 5.92 Å². The van der Waals surface area contributed by atoms with Crippen LogP contribution in [-0.4, -0.2) is 36.7 Å². The molecule has 3 rings (SSSR count). The second kappa shape index (κ2) is 9.54. The summed E-state index contributed by atoms with van der Waals surface area (Å²) >= 11 is 0. The Kier molecular flexibility index (Phi) is 6.95. The molecule has 3 N–H and O–H groups in total. The second-order valence-electron chi connectivity index (χ2n) is 8.88. The molecule has 9 nitrogen and oxygen atoms in total. The van der Waals surface area contributed by atoms with Crippen LogP contribution in [0.25, 0.3) is 5.57 Å². The number of amides is 1. The summed E-state index contributed by atoms with van der Waals surface area (Å²) in [6.45, 7) is 17.8. The third-order valence-electron chi connectivity index (χ3n) is 6.15. The molecular formula is C25H31N7O2. The first kappa shape index (κ1) is 24.8. The van der Waals surface area contributed by atoms with Gasteiger partial charge < -0.3 is 11.1 Å². The number of fused-ring (bicyclic) bond motifs is 1. The van der Waals surface area contributed by atoms with E-state index in [1.54, 1.807) is 19.2 Å². The molecular weight excluding hydrogens is 430 g/mol. The minimum atomic E-state index is -1.22. The minimum Gasteiger partial charge on any atom is -0.383 e. The van der Waals surface area contributed by atoms with Gasteiger partial charge in [-0.15, -0.1) is 5.10 Å². The van der Waals surface area contributed by atoms with E-state index in [0.29, 0.717) is 41.4 Å². The van der Waals surface area contributed by atoms with E-state index in [1.807, 2.05) is 19.1 Å². The molecule has 1 aliphatic heterocycles. The number of nitrogens with zero attached hydrogens (tertiary/aromatic N) is 5. The zero-order valence-corrected chi connectivity index (χ0v) is 20.3. The van der Waals surface area contributed by atoms with E-state index in [4.69, 9.17) is 5.73 Å². The molecule has 2 aromatic rings. The lowest BCUT2D eigenvalue weighted by atomic mass is 9.81. The fraction of sp³-hybridized carbons (Fsp3) is 0.360. The average molecular weight is 462 g/mol. The van der Waals surface area contributed by atoms with Crippen LogP contribution in [0.15, 0.2) is 48.7 Å². The van der Waals surface area contributed by atoms with E-state index >= 15 is 0 Å². The number of hydrogen-bond acceptors (Lipinski definition) is 7. The van der Waals surface area contributed by atoms with Gasteiger partial charge in [0.05, 0.1) is 5.56 Å². The van der Waals surface area contributed by atoms with Gasteiger partial charge >= 0.3 is 0 Å². The van der Waals surface area contributed by atoms with E-state index in [2.05, 4.69) is 52.6 Å². The van der Waals surface area contributed by atoms with Gasteiger partial charge in [0.1, 0.15) is 28.5 Å². The Morgan fingerprint density at radius 1 is 1.32 bits per heavy atom. The average Bonchev–Trinajstić information content (AvgIpc) is 3.35. The fourth-order valence-corrected chi connectivity index (χ4v) is 3.76. The number of carbonyl (C=O) groups is 2. The molecule has 1 atom stereocenters. The maximum absolute atomic E-state index is 13.1. The highest BCUT2D eigenvalue weighted by Gasteiger charge is 2.49. The molecule has 0 aliphatic carbocycles. The summed E-state index contributed by atoms with van der Waals surface area (Å²) in [6.07, 6.45) is 7.41. The summed E-state index contributed by atoms with van der Waals surface area (Å²) in [7, 11) is 0. The van der Waals surface area contributed by atoms with Crippen molar-refractivity contribution in [3.05, 3.63) is 65.8 Å². The second-order valence-corrected chi connectivity index (χ2v) is 8.88. The third-order valence-corrected chi connectivity index (χ3v) is 6.15. The third kappa shape index (κ3) is 4.46. The van der Waals surface area contributed by atoms with Crippen molar-refractivity contribution in [3.8, 4) is 0 Å². The highest BCUT2D eigenvalue weighted by Crippen LogP contribution is 2.44. The first-order chi connectivity index (χ1) is 16.0. The number of anilines is 2. The van der Waals surface area contributed by atoms with Crippen LogP contribution < -0.4 is 11.1 Å². The Hall–Kier alpha value is -3.88. The van der Waals surface area contributed by atoms with Gasteiger partial charge in [-0.25, -0.2) is 9.97 Å². The van der Waals surface area contributed by atoms with E-state index < -0.39 is 5.41 Å². The number of nitrogen functional groups attached to an aromatic ring is 1. The van der Waals surface area contributed by atoms with Crippen LogP contribution in [-0.2, 0) is 21.5 Å². The number of carbonyl (C=O) groups excluding carboxylic acids is 2. The first-order valence-corrected chi connectivity index (χ1v) is 11.1. The highest BCUT2D eigenvalue weighted by molar-refractivity contribution is 6.08. The number of rotatable bonds is 9. The maximum atomic E-state index is 13.1. The van der Waals surface area contributed by atoms with Crippen LogP contribution in [0.1, 0.15) is 58.1 Å². The molecule has 0 saturated heterocycles. The molecule has 0 aromatic carbocycles. The normalized spacial score (nSPS) is 18.1. The Morgan fingerprint density at radius 3 is 2.65 bits per heavy atom.